The lowest BCUT2D eigenvalue weighted by Gasteiger charge is -2.23. The average molecular weight is 586 g/mol. The molecule has 0 bridgehead atoms. The highest BCUT2D eigenvalue weighted by Gasteiger charge is 2.25. The molecule has 0 radical (unpaired) electrons. The van der Waals surface area contributed by atoms with Gasteiger partial charge in [0.2, 0.25) is 11.8 Å². The summed E-state index contributed by atoms with van der Waals surface area (Å²) in [7, 11) is 0. The first kappa shape index (κ1) is 29.7. The van der Waals surface area contributed by atoms with Crippen molar-refractivity contribution in [2.24, 2.45) is 17.5 Å². The van der Waals surface area contributed by atoms with Crippen LogP contribution >= 0.6 is 11.6 Å². The number of nitrogens with two attached hydrogens (primary N) is 2. The number of fused-ring (bicyclic) bond motifs is 1. The number of aromatic nitrogens is 2. The number of benzene rings is 2. The summed E-state index contributed by atoms with van der Waals surface area (Å²) in [5.74, 6) is 5.16. The minimum Gasteiger partial charge on any atom is -0.396 e. The van der Waals surface area contributed by atoms with Gasteiger partial charge in [-0.2, -0.15) is 0 Å². The van der Waals surface area contributed by atoms with Crippen molar-refractivity contribution < 1.29 is 18.4 Å². The van der Waals surface area contributed by atoms with Crippen molar-refractivity contribution in [1.82, 2.24) is 14.9 Å². The molecule has 13 heteroatoms. The number of halogens is 3. The van der Waals surface area contributed by atoms with Crippen molar-refractivity contribution in [2.45, 2.75) is 45.2 Å². The van der Waals surface area contributed by atoms with E-state index >= 15 is 0 Å². The summed E-state index contributed by atoms with van der Waals surface area (Å²) in [5.41, 5.74) is 6.09. The van der Waals surface area contributed by atoms with Crippen molar-refractivity contribution in [2.75, 3.05) is 10.3 Å². The van der Waals surface area contributed by atoms with Gasteiger partial charge in [0.25, 0.3) is 12.0 Å². The number of carbonyl (C=O) groups excluding carboxylic acids is 2. The van der Waals surface area contributed by atoms with Gasteiger partial charge in [-0.15, -0.1) is 0 Å². The highest BCUT2D eigenvalue weighted by molar-refractivity contribution is 6.31. The van der Waals surface area contributed by atoms with Gasteiger partial charge < -0.3 is 16.4 Å². The fraction of sp³-hybridized carbons (Fsp3) is 0.286. The van der Waals surface area contributed by atoms with Crippen molar-refractivity contribution in [3.63, 3.8) is 0 Å². The Kier molecular flexibility index (Phi) is 9.35. The summed E-state index contributed by atoms with van der Waals surface area (Å²) in [4.78, 5) is 43.8. The molecule has 0 saturated carbocycles. The lowest BCUT2D eigenvalue weighted by molar-refractivity contribution is -0.124. The number of hydrogen-bond acceptors (Lipinski definition) is 7. The maximum absolute atomic E-state index is 13.4. The van der Waals surface area contributed by atoms with Crippen molar-refractivity contribution in [1.29, 1.82) is 0 Å². The van der Waals surface area contributed by atoms with Gasteiger partial charge in [0.1, 0.15) is 6.04 Å². The molecule has 10 nitrogen and oxygen atoms in total. The SMILES string of the molecule is CC1CCCC(n2cnc(-c3cc(Cl)ccc3N(N)/C=C(\N)C(F)F)cc2=O)C(=O)NCc2ccccc2NC1=O. The quantitative estimate of drug-likeness (QED) is 0.262. The van der Waals surface area contributed by atoms with E-state index in [0.29, 0.717) is 35.5 Å². The van der Waals surface area contributed by atoms with Gasteiger partial charge in [-0.05, 0) is 42.7 Å². The Morgan fingerprint density at radius 2 is 1.90 bits per heavy atom. The number of hydrogen-bond donors (Lipinski definition) is 4. The highest BCUT2D eigenvalue weighted by atomic mass is 35.5. The molecule has 6 N–H and O–H groups in total. The minimum absolute atomic E-state index is 0.125. The number of hydrazine groups is 1. The van der Waals surface area contributed by atoms with Crippen LogP contribution in [0.4, 0.5) is 20.2 Å². The standard InChI is InChI=1S/C28H30ClF2N7O3/c1-16-5-4-8-24(28(41)34-13-17-6-2-3-7-21(17)36-27(16)40)37-15-35-22(12-25(37)39)19-11-18(29)9-10-23(19)38(33)14-20(32)26(30)31/h2-3,6-7,9-12,14-16,24,26H,4-5,8,13,32-33H2,1H3,(H,34,41)(H,36,40)/b20-14-. The smallest absolute Gasteiger partial charge is 0.279 e. The first-order chi connectivity index (χ1) is 19.5. The van der Waals surface area contributed by atoms with E-state index in [1.807, 2.05) is 6.92 Å². The van der Waals surface area contributed by atoms with Crippen LogP contribution in [0.3, 0.4) is 0 Å². The van der Waals surface area contributed by atoms with Crippen LogP contribution in [0, 0.1) is 5.92 Å². The molecule has 1 aliphatic heterocycles. The zero-order valence-electron chi connectivity index (χ0n) is 22.2. The largest absolute Gasteiger partial charge is 0.396 e. The second-order valence-corrected chi connectivity index (χ2v) is 10.2. The van der Waals surface area contributed by atoms with Gasteiger partial charge in [-0.1, -0.05) is 43.1 Å². The molecule has 0 fully saturated rings. The third-order valence-corrected chi connectivity index (χ3v) is 7.05. The fourth-order valence-corrected chi connectivity index (χ4v) is 4.69. The summed E-state index contributed by atoms with van der Waals surface area (Å²) in [6, 6.07) is 12.0. The number of rotatable bonds is 5. The third-order valence-electron chi connectivity index (χ3n) is 6.82. The Morgan fingerprint density at radius 3 is 2.63 bits per heavy atom. The lowest BCUT2D eigenvalue weighted by atomic mass is 9.99. The van der Waals surface area contributed by atoms with Gasteiger partial charge in [0.15, 0.2) is 0 Å². The van der Waals surface area contributed by atoms with E-state index in [0.717, 1.165) is 16.8 Å². The molecule has 2 unspecified atom stereocenters. The first-order valence-corrected chi connectivity index (χ1v) is 13.3. The van der Waals surface area contributed by atoms with Crippen molar-refractivity contribution in [3.05, 3.63) is 87.7 Å². The van der Waals surface area contributed by atoms with E-state index < -0.39 is 23.7 Å². The lowest BCUT2D eigenvalue weighted by Crippen LogP contribution is -2.37. The Morgan fingerprint density at radius 1 is 1.15 bits per heavy atom. The molecule has 2 atom stereocenters. The highest BCUT2D eigenvalue weighted by Crippen LogP contribution is 2.31. The molecule has 1 aliphatic rings. The topological polar surface area (TPSA) is 148 Å². The van der Waals surface area contributed by atoms with Gasteiger partial charge in [0.05, 0.1) is 23.4 Å². The fourth-order valence-electron chi connectivity index (χ4n) is 4.51. The van der Waals surface area contributed by atoms with Crippen molar-refractivity contribution in [3.8, 4) is 11.3 Å². The second-order valence-electron chi connectivity index (χ2n) is 9.73. The minimum atomic E-state index is -2.92. The van der Waals surface area contributed by atoms with Gasteiger partial charge in [-0.25, -0.2) is 19.6 Å². The van der Waals surface area contributed by atoms with E-state index in [1.54, 1.807) is 24.3 Å². The summed E-state index contributed by atoms with van der Waals surface area (Å²) >= 11 is 6.17. The molecule has 2 amide bonds. The predicted octanol–water partition coefficient (Wildman–Crippen LogP) is 3.93. The van der Waals surface area contributed by atoms with Crippen LogP contribution in [0.25, 0.3) is 11.3 Å². The molecular formula is C28H30ClF2N7O3. The summed E-state index contributed by atoms with van der Waals surface area (Å²) in [6.07, 6.45) is 0.511. The molecule has 0 aliphatic carbocycles. The Bertz CT molecular complexity index is 1530. The number of anilines is 2. The van der Waals surface area contributed by atoms with Gasteiger partial charge in [0, 0.05) is 41.0 Å². The molecule has 2 aromatic carbocycles. The number of amides is 2. The first-order valence-electron chi connectivity index (χ1n) is 12.9. The van der Waals surface area contributed by atoms with Crippen LogP contribution in [0.1, 0.15) is 37.8 Å². The molecule has 3 aromatic rings. The predicted molar refractivity (Wildman–Crippen MR) is 153 cm³/mol. The average Bonchev–Trinajstić information content (AvgIpc) is 2.94. The Balaban J connectivity index is 1.67. The normalized spacial score (nSPS) is 18.5. The molecular weight excluding hydrogens is 556 g/mol. The Labute approximate surface area is 240 Å². The second kappa shape index (κ2) is 12.9. The number of allylic oxidation sites excluding steroid dienone is 1. The van der Waals surface area contributed by atoms with Crippen LogP contribution in [0.5, 0.6) is 0 Å². The molecule has 0 spiro atoms. The van der Waals surface area contributed by atoms with Crippen LogP contribution in [0.15, 0.2) is 71.5 Å². The van der Waals surface area contributed by atoms with Gasteiger partial charge in [-0.3, -0.25) is 24.0 Å². The number of nitrogens with zero attached hydrogens (tertiary/aromatic N) is 3. The van der Waals surface area contributed by atoms with Gasteiger partial charge >= 0.3 is 0 Å². The summed E-state index contributed by atoms with van der Waals surface area (Å²) in [5, 5.41) is 6.99. The van der Waals surface area contributed by atoms with Crippen molar-refractivity contribution >= 4 is 34.8 Å². The van der Waals surface area contributed by atoms with Crippen LogP contribution < -0.4 is 32.8 Å². The summed E-state index contributed by atoms with van der Waals surface area (Å²) < 4.78 is 27.1. The molecule has 2 heterocycles. The third kappa shape index (κ3) is 7.08. The monoisotopic (exact) mass is 585 g/mol. The Hall–Kier alpha value is -4.29. The zero-order chi connectivity index (χ0) is 29.7. The molecule has 4 rings (SSSR count). The number of carbonyl (C=O) groups is 2. The molecule has 216 valence electrons. The van der Waals surface area contributed by atoms with E-state index in [-0.39, 0.29) is 35.7 Å². The molecule has 1 aromatic heterocycles. The van der Waals surface area contributed by atoms with Crippen LogP contribution in [0.2, 0.25) is 5.02 Å². The summed E-state index contributed by atoms with van der Waals surface area (Å²) in [6.45, 7) is 1.96. The van der Waals surface area contributed by atoms with E-state index in [1.165, 1.54) is 35.2 Å². The zero-order valence-corrected chi connectivity index (χ0v) is 22.9. The van der Waals surface area contributed by atoms with Crippen LogP contribution in [-0.4, -0.2) is 27.8 Å². The maximum Gasteiger partial charge on any atom is 0.279 e. The molecule has 0 saturated heterocycles. The van der Waals surface area contributed by atoms with E-state index in [2.05, 4.69) is 15.6 Å². The van der Waals surface area contributed by atoms with E-state index in [4.69, 9.17) is 23.2 Å². The number of alkyl halides is 2. The number of para-hydroxylation sites is 1. The molecule has 41 heavy (non-hydrogen) atoms. The number of nitrogens with one attached hydrogen (secondary N) is 2. The van der Waals surface area contributed by atoms with Crippen LogP contribution in [-0.2, 0) is 16.1 Å². The maximum atomic E-state index is 13.4. The van der Waals surface area contributed by atoms with E-state index in [9.17, 15) is 23.2 Å².